The number of aryl methyl sites for hydroxylation is 1. The number of nitrogens with zero attached hydrogens (tertiary/aromatic N) is 1. The Morgan fingerprint density at radius 2 is 1.71 bits per heavy atom. The maximum absolute atomic E-state index is 12.6. The number of hydrogen-bond donors (Lipinski definition) is 0. The number of ether oxygens (including phenoxy) is 2. The average Bonchev–Trinajstić information content (AvgIpc) is 3.16. The van der Waals surface area contributed by atoms with Crippen LogP contribution in [0.4, 0.5) is 0 Å². The van der Waals surface area contributed by atoms with Crippen molar-refractivity contribution in [2.75, 3.05) is 0 Å². The van der Waals surface area contributed by atoms with Crippen LogP contribution in [0.15, 0.2) is 80.3 Å². The summed E-state index contributed by atoms with van der Waals surface area (Å²) in [6.45, 7) is 6.15. The SMILES string of the molecule is Cc1cccc(C(=O)Oc2c(Br)cc(/C=C3\N=C(c4ccc(C(C)C)cc4)OC3=O)cc2Br)c1. The van der Waals surface area contributed by atoms with Crippen molar-refractivity contribution >= 4 is 55.8 Å². The molecule has 1 heterocycles. The maximum Gasteiger partial charge on any atom is 0.363 e. The minimum Gasteiger partial charge on any atom is -0.421 e. The fourth-order valence-corrected chi connectivity index (χ4v) is 4.77. The zero-order valence-electron chi connectivity index (χ0n) is 18.8. The molecule has 34 heavy (non-hydrogen) atoms. The molecule has 3 aromatic carbocycles. The van der Waals surface area contributed by atoms with Gasteiger partial charge in [0.15, 0.2) is 11.4 Å². The lowest BCUT2D eigenvalue weighted by Crippen LogP contribution is -2.09. The highest BCUT2D eigenvalue weighted by atomic mass is 79.9. The van der Waals surface area contributed by atoms with Crippen molar-refractivity contribution in [3.8, 4) is 5.75 Å². The molecule has 0 saturated carbocycles. The summed E-state index contributed by atoms with van der Waals surface area (Å²) in [4.78, 5) is 29.3. The lowest BCUT2D eigenvalue weighted by molar-refractivity contribution is -0.129. The number of rotatable bonds is 5. The summed E-state index contributed by atoms with van der Waals surface area (Å²) in [7, 11) is 0. The summed E-state index contributed by atoms with van der Waals surface area (Å²) >= 11 is 6.91. The normalized spacial score (nSPS) is 14.4. The van der Waals surface area contributed by atoms with Crippen molar-refractivity contribution in [1.29, 1.82) is 0 Å². The smallest absolute Gasteiger partial charge is 0.363 e. The van der Waals surface area contributed by atoms with Gasteiger partial charge in [-0.1, -0.05) is 43.7 Å². The van der Waals surface area contributed by atoms with Crippen molar-refractivity contribution in [2.45, 2.75) is 26.7 Å². The number of aliphatic imine (C=N–C) groups is 1. The van der Waals surface area contributed by atoms with Crippen LogP contribution in [0.25, 0.3) is 6.08 Å². The molecule has 3 aromatic rings. The fourth-order valence-electron chi connectivity index (χ4n) is 3.39. The van der Waals surface area contributed by atoms with E-state index >= 15 is 0 Å². The Kier molecular flexibility index (Phi) is 7.14. The van der Waals surface area contributed by atoms with Gasteiger partial charge in [-0.2, -0.15) is 0 Å². The molecule has 0 atom stereocenters. The summed E-state index contributed by atoms with van der Waals surface area (Å²) < 4.78 is 12.1. The maximum atomic E-state index is 12.6. The molecule has 7 heteroatoms. The van der Waals surface area contributed by atoms with E-state index in [2.05, 4.69) is 50.7 Å². The van der Waals surface area contributed by atoms with Crippen molar-refractivity contribution in [3.63, 3.8) is 0 Å². The van der Waals surface area contributed by atoms with Gasteiger partial charge in [0.2, 0.25) is 5.90 Å². The number of esters is 2. The van der Waals surface area contributed by atoms with E-state index in [0.29, 0.717) is 31.7 Å². The molecule has 0 fully saturated rings. The molecular formula is C27H21Br2NO4. The van der Waals surface area contributed by atoms with E-state index < -0.39 is 11.9 Å². The molecule has 0 radical (unpaired) electrons. The van der Waals surface area contributed by atoms with E-state index in [1.54, 1.807) is 36.4 Å². The molecule has 172 valence electrons. The quantitative estimate of drug-likeness (QED) is 0.181. The molecule has 1 aliphatic heterocycles. The van der Waals surface area contributed by atoms with Crippen LogP contribution in [-0.4, -0.2) is 17.8 Å². The van der Waals surface area contributed by atoms with Gasteiger partial charge in [0.05, 0.1) is 14.5 Å². The summed E-state index contributed by atoms with van der Waals surface area (Å²) in [5, 5.41) is 0. The molecule has 0 saturated heterocycles. The first-order valence-corrected chi connectivity index (χ1v) is 12.2. The van der Waals surface area contributed by atoms with Crippen molar-refractivity contribution in [3.05, 3.63) is 103 Å². The Morgan fingerprint density at radius 3 is 2.32 bits per heavy atom. The third kappa shape index (κ3) is 5.37. The van der Waals surface area contributed by atoms with E-state index in [0.717, 1.165) is 11.1 Å². The Labute approximate surface area is 214 Å². The zero-order chi connectivity index (χ0) is 24.4. The number of cyclic esters (lactones) is 1. The van der Waals surface area contributed by atoms with Gasteiger partial charge in [0.25, 0.3) is 0 Å². The minimum atomic E-state index is -0.523. The van der Waals surface area contributed by atoms with Gasteiger partial charge < -0.3 is 9.47 Å². The largest absolute Gasteiger partial charge is 0.421 e. The van der Waals surface area contributed by atoms with E-state index in [-0.39, 0.29) is 11.6 Å². The molecule has 1 aliphatic rings. The predicted molar refractivity (Wildman–Crippen MR) is 139 cm³/mol. The Hall–Kier alpha value is -3.03. The second kappa shape index (κ2) is 10.1. The monoisotopic (exact) mass is 581 g/mol. The second-order valence-corrected chi connectivity index (χ2v) is 9.89. The van der Waals surface area contributed by atoms with Crippen LogP contribution in [0.5, 0.6) is 5.75 Å². The first-order chi connectivity index (χ1) is 16.2. The van der Waals surface area contributed by atoms with Gasteiger partial charge in [-0.15, -0.1) is 0 Å². The third-order valence-corrected chi connectivity index (χ3v) is 6.40. The first-order valence-electron chi connectivity index (χ1n) is 10.6. The van der Waals surface area contributed by atoms with Gasteiger partial charge in [0, 0.05) is 5.56 Å². The lowest BCUT2D eigenvalue weighted by Gasteiger charge is -2.10. The second-order valence-electron chi connectivity index (χ2n) is 8.19. The van der Waals surface area contributed by atoms with Gasteiger partial charge in [-0.05, 0) is 98.3 Å². The van der Waals surface area contributed by atoms with Crippen LogP contribution in [0.3, 0.4) is 0 Å². The molecule has 5 nitrogen and oxygen atoms in total. The molecular weight excluding hydrogens is 562 g/mol. The topological polar surface area (TPSA) is 65.0 Å². The van der Waals surface area contributed by atoms with Crippen molar-refractivity contribution < 1.29 is 19.1 Å². The predicted octanol–water partition coefficient (Wildman–Crippen LogP) is 7.21. The molecule has 0 N–H and O–H groups in total. The first kappa shape index (κ1) is 24.1. The van der Waals surface area contributed by atoms with E-state index in [4.69, 9.17) is 9.47 Å². The minimum absolute atomic E-state index is 0.186. The average molecular weight is 583 g/mol. The van der Waals surface area contributed by atoms with Gasteiger partial charge in [-0.25, -0.2) is 14.6 Å². The molecule has 4 rings (SSSR count). The van der Waals surface area contributed by atoms with Crippen LogP contribution in [0.1, 0.15) is 52.4 Å². The Balaban J connectivity index is 1.57. The summed E-state index contributed by atoms with van der Waals surface area (Å²) in [6.07, 6.45) is 1.62. The summed E-state index contributed by atoms with van der Waals surface area (Å²) in [5.74, 6) is 0.0393. The zero-order valence-corrected chi connectivity index (χ0v) is 21.9. The molecule has 0 spiro atoms. The highest BCUT2D eigenvalue weighted by Crippen LogP contribution is 2.36. The van der Waals surface area contributed by atoms with Crippen molar-refractivity contribution in [2.24, 2.45) is 4.99 Å². The van der Waals surface area contributed by atoms with Gasteiger partial charge >= 0.3 is 11.9 Å². The standard InChI is InChI=1S/C27H21Br2NO4/c1-15(2)18-7-9-19(10-8-18)25-30-23(27(32)34-25)14-17-12-21(28)24(22(29)13-17)33-26(31)20-6-4-5-16(3)11-20/h4-15H,1-3H3/b23-14-. The molecule has 0 bridgehead atoms. The van der Waals surface area contributed by atoms with Crippen LogP contribution in [-0.2, 0) is 9.53 Å². The molecule has 0 unspecified atom stereocenters. The van der Waals surface area contributed by atoms with Crippen LogP contribution in [0.2, 0.25) is 0 Å². The van der Waals surface area contributed by atoms with Gasteiger partial charge in [-0.3, -0.25) is 0 Å². The highest BCUT2D eigenvalue weighted by Gasteiger charge is 2.24. The summed E-state index contributed by atoms with van der Waals surface area (Å²) in [6, 6.07) is 18.5. The number of carbonyl (C=O) groups excluding carboxylic acids is 2. The van der Waals surface area contributed by atoms with Crippen LogP contribution in [0, 0.1) is 6.92 Å². The summed E-state index contributed by atoms with van der Waals surface area (Å²) in [5.41, 5.74) is 4.23. The molecule has 0 aromatic heterocycles. The fraction of sp³-hybridized carbons (Fsp3) is 0.148. The van der Waals surface area contributed by atoms with E-state index in [9.17, 15) is 9.59 Å². The van der Waals surface area contributed by atoms with E-state index in [1.807, 2.05) is 37.3 Å². The highest BCUT2D eigenvalue weighted by molar-refractivity contribution is 9.11. The van der Waals surface area contributed by atoms with Crippen LogP contribution < -0.4 is 4.74 Å². The number of benzene rings is 3. The number of hydrogen-bond acceptors (Lipinski definition) is 5. The number of carbonyl (C=O) groups is 2. The Morgan fingerprint density at radius 1 is 1.03 bits per heavy atom. The van der Waals surface area contributed by atoms with Crippen LogP contribution >= 0.6 is 31.9 Å². The lowest BCUT2D eigenvalue weighted by atomic mass is 10.0. The van der Waals surface area contributed by atoms with E-state index in [1.165, 1.54) is 5.56 Å². The Bertz CT molecular complexity index is 1320. The number of halogens is 2. The molecule has 0 amide bonds. The van der Waals surface area contributed by atoms with Crippen molar-refractivity contribution in [1.82, 2.24) is 0 Å². The third-order valence-electron chi connectivity index (χ3n) is 5.22. The van der Waals surface area contributed by atoms with Gasteiger partial charge in [0.1, 0.15) is 0 Å². The molecule has 0 aliphatic carbocycles.